The molecule has 1 saturated heterocycles. The lowest BCUT2D eigenvalue weighted by Gasteiger charge is -2.32. The molecule has 0 amide bonds. The molecule has 0 saturated carbocycles. The molecule has 0 aliphatic carbocycles. The lowest BCUT2D eigenvalue weighted by atomic mass is 9.93. The minimum absolute atomic E-state index is 0.0850. The third-order valence-corrected chi connectivity index (χ3v) is 3.75. The van der Waals surface area contributed by atoms with Crippen molar-refractivity contribution in [1.82, 2.24) is 4.98 Å². The number of piperidine rings is 1. The summed E-state index contributed by atoms with van der Waals surface area (Å²) in [5.74, 6) is 1.55. The van der Waals surface area contributed by atoms with Crippen LogP contribution in [0.25, 0.3) is 0 Å². The van der Waals surface area contributed by atoms with E-state index in [4.69, 9.17) is 5.73 Å². The van der Waals surface area contributed by atoms with Crippen molar-refractivity contribution in [3.8, 4) is 0 Å². The summed E-state index contributed by atoms with van der Waals surface area (Å²) in [6.45, 7) is 4.34. The quantitative estimate of drug-likeness (QED) is 0.662. The van der Waals surface area contributed by atoms with E-state index in [2.05, 4.69) is 9.88 Å². The fourth-order valence-electron chi connectivity index (χ4n) is 2.60. The van der Waals surface area contributed by atoms with Crippen LogP contribution in [0.2, 0.25) is 0 Å². The lowest BCUT2D eigenvalue weighted by molar-refractivity contribution is -0.385. The highest BCUT2D eigenvalue weighted by Crippen LogP contribution is 2.26. The molecule has 2 heterocycles. The molecule has 2 N–H and O–H groups in total. The predicted molar refractivity (Wildman–Crippen MR) is 74.2 cm³/mol. The van der Waals surface area contributed by atoms with Crippen molar-refractivity contribution >= 4 is 11.5 Å². The van der Waals surface area contributed by atoms with Gasteiger partial charge in [0.25, 0.3) is 5.69 Å². The van der Waals surface area contributed by atoms with E-state index in [1.165, 1.54) is 0 Å². The second kappa shape index (κ2) is 5.97. The van der Waals surface area contributed by atoms with Gasteiger partial charge >= 0.3 is 0 Å². The molecule has 0 bridgehead atoms. The molecule has 1 aliphatic rings. The highest BCUT2D eigenvalue weighted by molar-refractivity contribution is 5.47. The van der Waals surface area contributed by atoms with Crippen LogP contribution < -0.4 is 10.6 Å². The number of nitrogens with zero attached hydrogens (tertiary/aromatic N) is 3. The van der Waals surface area contributed by atoms with E-state index >= 15 is 0 Å². The molecule has 6 heteroatoms. The Balaban J connectivity index is 2.04. The molecule has 0 aromatic carbocycles. The van der Waals surface area contributed by atoms with Gasteiger partial charge in [-0.25, -0.2) is 4.98 Å². The van der Waals surface area contributed by atoms with Gasteiger partial charge in [0.15, 0.2) is 0 Å². The molecule has 0 atom stereocenters. The largest absolute Gasteiger partial charge is 0.357 e. The summed E-state index contributed by atoms with van der Waals surface area (Å²) in [6, 6.07) is 3.29. The fourth-order valence-corrected chi connectivity index (χ4v) is 2.60. The average molecular weight is 264 g/mol. The maximum atomic E-state index is 10.8. The Hall–Kier alpha value is -1.69. The first kappa shape index (κ1) is 13.7. The molecule has 1 aromatic heterocycles. The highest BCUT2D eigenvalue weighted by atomic mass is 16.6. The lowest BCUT2D eigenvalue weighted by Crippen LogP contribution is -2.34. The van der Waals surface area contributed by atoms with E-state index in [-0.39, 0.29) is 10.6 Å². The van der Waals surface area contributed by atoms with Crippen LogP contribution in [0.15, 0.2) is 12.1 Å². The van der Waals surface area contributed by atoms with Gasteiger partial charge in [-0.15, -0.1) is 0 Å². The average Bonchev–Trinajstić information content (AvgIpc) is 2.39. The first-order valence-corrected chi connectivity index (χ1v) is 6.69. The third kappa shape index (κ3) is 3.20. The van der Waals surface area contributed by atoms with Gasteiger partial charge < -0.3 is 10.6 Å². The Morgan fingerprint density at radius 2 is 2.16 bits per heavy atom. The van der Waals surface area contributed by atoms with Crippen LogP contribution in [-0.4, -0.2) is 29.5 Å². The number of pyridine rings is 1. The molecular weight excluding hydrogens is 244 g/mol. The van der Waals surface area contributed by atoms with Crippen LogP contribution in [0.5, 0.6) is 0 Å². The molecular formula is C13H20N4O2. The molecule has 1 aromatic rings. The molecule has 6 nitrogen and oxygen atoms in total. The van der Waals surface area contributed by atoms with Crippen molar-refractivity contribution in [2.24, 2.45) is 11.7 Å². The van der Waals surface area contributed by atoms with E-state index in [1.54, 1.807) is 19.1 Å². The van der Waals surface area contributed by atoms with Crippen LogP contribution in [-0.2, 0) is 0 Å². The Bertz CT molecular complexity index is 456. The minimum Gasteiger partial charge on any atom is -0.357 e. The van der Waals surface area contributed by atoms with Gasteiger partial charge in [0.1, 0.15) is 11.5 Å². The molecule has 104 valence electrons. The molecule has 0 radical (unpaired) electrons. The summed E-state index contributed by atoms with van der Waals surface area (Å²) in [5, 5.41) is 10.8. The standard InChI is InChI=1S/C13H20N4O2/c1-10-12(17(18)19)2-3-13(15-10)16-8-5-11(4-7-14)6-9-16/h2-3,11H,4-9,14H2,1H3. The smallest absolute Gasteiger partial charge is 0.290 e. The van der Waals surface area contributed by atoms with E-state index in [1.807, 2.05) is 0 Å². The number of rotatable bonds is 4. The topological polar surface area (TPSA) is 85.3 Å². The number of aromatic nitrogens is 1. The number of aryl methyl sites for hydroxylation is 1. The molecule has 19 heavy (non-hydrogen) atoms. The normalized spacial score (nSPS) is 16.6. The molecule has 0 unspecified atom stereocenters. The molecule has 0 spiro atoms. The number of hydrogen-bond acceptors (Lipinski definition) is 5. The zero-order valence-electron chi connectivity index (χ0n) is 11.2. The van der Waals surface area contributed by atoms with Crippen molar-refractivity contribution in [2.45, 2.75) is 26.2 Å². The number of hydrogen-bond donors (Lipinski definition) is 1. The maximum absolute atomic E-state index is 10.8. The second-order valence-electron chi connectivity index (χ2n) is 5.04. The maximum Gasteiger partial charge on any atom is 0.290 e. The summed E-state index contributed by atoms with van der Waals surface area (Å²) in [5.41, 5.74) is 6.14. The van der Waals surface area contributed by atoms with E-state index in [9.17, 15) is 10.1 Å². The Morgan fingerprint density at radius 3 is 2.68 bits per heavy atom. The van der Waals surface area contributed by atoms with Gasteiger partial charge in [0.05, 0.1) is 4.92 Å². The second-order valence-corrected chi connectivity index (χ2v) is 5.04. The van der Waals surface area contributed by atoms with E-state index in [0.29, 0.717) is 11.6 Å². The zero-order chi connectivity index (χ0) is 13.8. The number of nitro groups is 1. The van der Waals surface area contributed by atoms with Crippen LogP contribution in [0.1, 0.15) is 25.0 Å². The van der Waals surface area contributed by atoms with Crippen molar-refractivity contribution in [1.29, 1.82) is 0 Å². The first-order chi connectivity index (χ1) is 9.11. The van der Waals surface area contributed by atoms with Crippen molar-refractivity contribution in [2.75, 3.05) is 24.5 Å². The number of anilines is 1. The molecule has 2 rings (SSSR count). The fraction of sp³-hybridized carbons (Fsp3) is 0.615. The van der Waals surface area contributed by atoms with Gasteiger partial charge in [-0.1, -0.05) is 0 Å². The Morgan fingerprint density at radius 1 is 1.47 bits per heavy atom. The van der Waals surface area contributed by atoms with Crippen LogP contribution in [0.4, 0.5) is 11.5 Å². The van der Waals surface area contributed by atoms with Crippen molar-refractivity contribution in [3.05, 3.63) is 27.9 Å². The third-order valence-electron chi connectivity index (χ3n) is 3.75. The Kier molecular flexibility index (Phi) is 4.31. The minimum atomic E-state index is -0.389. The van der Waals surface area contributed by atoms with Crippen molar-refractivity contribution in [3.63, 3.8) is 0 Å². The predicted octanol–water partition coefficient (Wildman–Crippen LogP) is 1.86. The van der Waals surface area contributed by atoms with Gasteiger partial charge in [-0.3, -0.25) is 10.1 Å². The summed E-state index contributed by atoms with van der Waals surface area (Å²) >= 11 is 0. The summed E-state index contributed by atoms with van der Waals surface area (Å²) in [7, 11) is 0. The van der Waals surface area contributed by atoms with E-state index < -0.39 is 0 Å². The first-order valence-electron chi connectivity index (χ1n) is 6.69. The molecule has 1 fully saturated rings. The van der Waals surface area contributed by atoms with Crippen LogP contribution >= 0.6 is 0 Å². The van der Waals surface area contributed by atoms with Gasteiger partial charge in [-0.05, 0) is 44.7 Å². The van der Waals surface area contributed by atoms with Crippen LogP contribution in [0.3, 0.4) is 0 Å². The molecule has 1 aliphatic heterocycles. The van der Waals surface area contributed by atoms with Gasteiger partial charge in [0, 0.05) is 19.2 Å². The summed E-state index contributed by atoms with van der Waals surface area (Å²) in [4.78, 5) is 16.9. The number of nitrogens with two attached hydrogens (primary N) is 1. The zero-order valence-corrected chi connectivity index (χ0v) is 11.2. The summed E-state index contributed by atoms with van der Waals surface area (Å²) in [6.07, 6.45) is 3.32. The van der Waals surface area contributed by atoms with Crippen LogP contribution in [0, 0.1) is 23.0 Å². The van der Waals surface area contributed by atoms with Gasteiger partial charge in [0.2, 0.25) is 0 Å². The van der Waals surface area contributed by atoms with Gasteiger partial charge in [-0.2, -0.15) is 0 Å². The van der Waals surface area contributed by atoms with Crippen molar-refractivity contribution < 1.29 is 4.92 Å². The SMILES string of the molecule is Cc1nc(N2CCC(CCN)CC2)ccc1[N+](=O)[O-]. The monoisotopic (exact) mass is 264 g/mol. The summed E-state index contributed by atoms with van der Waals surface area (Å²) < 4.78 is 0. The Labute approximate surface area is 112 Å². The van der Waals surface area contributed by atoms with E-state index in [0.717, 1.165) is 44.7 Å². The highest BCUT2D eigenvalue weighted by Gasteiger charge is 2.21.